The molecule has 0 saturated carbocycles. The van der Waals surface area contributed by atoms with Crippen molar-refractivity contribution in [3.63, 3.8) is 0 Å². The van der Waals surface area contributed by atoms with Gasteiger partial charge in [-0.05, 0) is 23.6 Å². The molecule has 0 spiro atoms. The van der Waals surface area contributed by atoms with Gasteiger partial charge in [-0.2, -0.15) is 0 Å². The fourth-order valence-corrected chi connectivity index (χ4v) is 2.85. The van der Waals surface area contributed by atoms with Gasteiger partial charge in [-0.3, -0.25) is 4.79 Å². The monoisotopic (exact) mass is 399 g/mol. The highest BCUT2D eigenvalue weighted by Crippen LogP contribution is 2.31. The van der Waals surface area contributed by atoms with Crippen molar-refractivity contribution in [2.75, 3.05) is 26.2 Å². The number of urea groups is 1. The molecule has 1 atom stereocenters. The first kappa shape index (κ1) is 22.1. The Bertz CT molecular complexity index is 824. The number of anilines is 1. The van der Waals surface area contributed by atoms with Gasteiger partial charge in [0, 0.05) is 25.3 Å². The number of nitrogens with one attached hydrogen (secondary N) is 2. The second-order valence-corrected chi connectivity index (χ2v) is 6.97. The molecule has 0 bridgehead atoms. The Labute approximate surface area is 172 Å². The van der Waals surface area contributed by atoms with Crippen molar-refractivity contribution in [2.24, 2.45) is 5.92 Å². The maximum Gasteiger partial charge on any atom is 0.315 e. The minimum Gasteiger partial charge on any atom is -0.493 e. The van der Waals surface area contributed by atoms with Crippen LogP contribution in [0, 0.1) is 5.92 Å². The van der Waals surface area contributed by atoms with E-state index < -0.39 is 6.04 Å². The molecule has 156 valence electrons. The van der Waals surface area contributed by atoms with E-state index in [0.29, 0.717) is 23.7 Å². The van der Waals surface area contributed by atoms with Gasteiger partial charge < -0.3 is 25.0 Å². The van der Waals surface area contributed by atoms with Crippen LogP contribution < -0.4 is 25.0 Å². The molecule has 2 N–H and O–H groups in total. The zero-order valence-electron chi connectivity index (χ0n) is 17.6. The highest BCUT2D eigenvalue weighted by atomic mass is 16.5. The van der Waals surface area contributed by atoms with Crippen LogP contribution in [0.5, 0.6) is 11.5 Å². The van der Waals surface area contributed by atoms with E-state index in [1.54, 1.807) is 39.5 Å². The van der Waals surface area contributed by atoms with Crippen LogP contribution >= 0.6 is 0 Å². The van der Waals surface area contributed by atoms with E-state index in [2.05, 4.69) is 10.6 Å². The molecule has 0 aromatic heterocycles. The average Bonchev–Trinajstić information content (AvgIpc) is 2.75. The SMILES string of the molecule is COc1ccc(N(C)C(=O)C(NC(=O)NCc2ccccc2)C(C)C)cc1OC. The minimum atomic E-state index is -0.677. The molecule has 29 heavy (non-hydrogen) atoms. The van der Waals surface area contributed by atoms with E-state index in [4.69, 9.17) is 9.47 Å². The summed E-state index contributed by atoms with van der Waals surface area (Å²) in [5.41, 5.74) is 1.63. The van der Waals surface area contributed by atoms with Crippen LogP contribution in [0.3, 0.4) is 0 Å². The maximum atomic E-state index is 13.1. The lowest BCUT2D eigenvalue weighted by atomic mass is 10.0. The molecule has 0 radical (unpaired) electrons. The molecule has 0 aliphatic rings. The first-order chi connectivity index (χ1) is 13.9. The Morgan fingerprint density at radius 3 is 2.24 bits per heavy atom. The molecular weight excluding hydrogens is 370 g/mol. The Balaban J connectivity index is 2.07. The lowest BCUT2D eigenvalue weighted by molar-refractivity contribution is -0.121. The first-order valence-corrected chi connectivity index (χ1v) is 9.45. The van der Waals surface area contributed by atoms with Gasteiger partial charge in [-0.25, -0.2) is 4.79 Å². The summed E-state index contributed by atoms with van der Waals surface area (Å²) in [6.45, 7) is 4.17. The average molecular weight is 399 g/mol. The zero-order valence-corrected chi connectivity index (χ0v) is 17.6. The van der Waals surface area contributed by atoms with Crippen LogP contribution in [-0.2, 0) is 11.3 Å². The van der Waals surface area contributed by atoms with Crippen molar-refractivity contribution >= 4 is 17.6 Å². The second kappa shape index (κ2) is 10.4. The van der Waals surface area contributed by atoms with Crippen molar-refractivity contribution in [3.05, 3.63) is 54.1 Å². The fourth-order valence-electron chi connectivity index (χ4n) is 2.85. The number of hydrogen-bond acceptors (Lipinski definition) is 4. The van der Waals surface area contributed by atoms with Crippen molar-refractivity contribution < 1.29 is 19.1 Å². The molecule has 7 nitrogen and oxygen atoms in total. The van der Waals surface area contributed by atoms with Crippen LogP contribution in [0.15, 0.2) is 48.5 Å². The van der Waals surface area contributed by atoms with Gasteiger partial charge in [0.15, 0.2) is 11.5 Å². The standard InChI is InChI=1S/C22H29N3O4/c1-15(2)20(24-22(27)23-14-16-9-7-6-8-10-16)21(26)25(3)17-11-12-18(28-4)19(13-17)29-5/h6-13,15,20H,14H2,1-5H3,(H2,23,24,27). The molecule has 0 heterocycles. The lowest BCUT2D eigenvalue weighted by Crippen LogP contribution is -2.52. The van der Waals surface area contributed by atoms with Crippen LogP contribution in [-0.4, -0.2) is 39.2 Å². The summed E-state index contributed by atoms with van der Waals surface area (Å²) in [4.78, 5) is 26.9. The van der Waals surface area contributed by atoms with Crippen LogP contribution in [0.25, 0.3) is 0 Å². The number of hydrogen-bond donors (Lipinski definition) is 2. The first-order valence-electron chi connectivity index (χ1n) is 9.45. The molecule has 7 heteroatoms. The second-order valence-electron chi connectivity index (χ2n) is 6.97. The molecule has 2 aromatic rings. The number of likely N-dealkylation sites (N-methyl/N-ethyl adjacent to an activating group) is 1. The third kappa shape index (κ3) is 5.88. The molecule has 0 saturated heterocycles. The van der Waals surface area contributed by atoms with Crippen LogP contribution in [0.1, 0.15) is 19.4 Å². The van der Waals surface area contributed by atoms with Gasteiger partial charge in [0.1, 0.15) is 6.04 Å². The van der Waals surface area contributed by atoms with E-state index in [1.165, 1.54) is 4.90 Å². The molecule has 1 unspecified atom stereocenters. The highest BCUT2D eigenvalue weighted by molar-refractivity contribution is 5.99. The summed E-state index contributed by atoms with van der Waals surface area (Å²) in [7, 11) is 4.76. The Hall–Kier alpha value is -3.22. The number of carbonyl (C=O) groups excluding carboxylic acids is 2. The topological polar surface area (TPSA) is 79.9 Å². The molecule has 2 rings (SSSR count). The predicted molar refractivity (Wildman–Crippen MR) is 113 cm³/mol. The summed E-state index contributed by atoms with van der Waals surface area (Å²) in [6, 6.07) is 13.8. The Kier molecular flexibility index (Phi) is 7.88. The third-order valence-electron chi connectivity index (χ3n) is 4.60. The summed E-state index contributed by atoms with van der Waals surface area (Å²) >= 11 is 0. The van der Waals surface area contributed by atoms with Crippen molar-refractivity contribution in [3.8, 4) is 11.5 Å². The van der Waals surface area contributed by atoms with Gasteiger partial charge >= 0.3 is 6.03 Å². The third-order valence-corrected chi connectivity index (χ3v) is 4.60. The van der Waals surface area contributed by atoms with Crippen LogP contribution in [0.4, 0.5) is 10.5 Å². The Morgan fingerprint density at radius 2 is 1.66 bits per heavy atom. The number of methoxy groups -OCH3 is 2. The van der Waals surface area contributed by atoms with Crippen molar-refractivity contribution in [1.29, 1.82) is 0 Å². The minimum absolute atomic E-state index is 0.0902. The maximum absolute atomic E-state index is 13.1. The number of rotatable bonds is 8. The number of nitrogens with zero attached hydrogens (tertiary/aromatic N) is 1. The molecule has 3 amide bonds. The predicted octanol–water partition coefficient (Wildman–Crippen LogP) is 3.19. The zero-order chi connectivity index (χ0) is 21.4. The van der Waals surface area contributed by atoms with Gasteiger partial charge in [0.05, 0.1) is 14.2 Å². The van der Waals surface area contributed by atoms with Crippen LogP contribution in [0.2, 0.25) is 0 Å². The summed E-state index contributed by atoms with van der Waals surface area (Å²) in [6.07, 6.45) is 0. The molecule has 0 fully saturated rings. The fraction of sp³-hybridized carbons (Fsp3) is 0.364. The highest BCUT2D eigenvalue weighted by Gasteiger charge is 2.28. The van der Waals surface area contributed by atoms with E-state index >= 15 is 0 Å². The van der Waals surface area contributed by atoms with Gasteiger partial charge in [0.2, 0.25) is 5.91 Å². The summed E-state index contributed by atoms with van der Waals surface area (Å²) in [5.74, 6) is 0.796. The summed E-state index contributed by atoms with van der Waals surface area (Å²) < 4.78 is 10.5. The van der Waals surface area contributed by atoms with E-state index in [9.17, 15) is 9.59 Å². The van der Waals surface area contributed by atoms with Crippen molar-refractivity contribution in [2.45, 2.75) is 26.4 Å². The van der Waals surface area contributed by atoms with Gasteiger partial charge in [-0.15, -0.1) is 0 Å². The number of carbonyl (C=O) groups is 2. The smallest absolute Gasteiger partial charge is 0.315 e. The molecular formula is C22H29N3O4. The van der Waals surface area contributed by atoms with E-state index in [-0.39, 0.29) is 17.9 Å². The number of benzene rings is 2. The normalized spacial score (nSPS) is 11.5. The van der Waals surface area contributed by atoms with Crippen molar-refractivity contribution in [1.82, 2.24) is 10.6 Å². The molecule has 0 aliphatic heterocycles. The molecule has 0 aliphatic carbocycles. The lowest BCUT2D eigenvalue weighted by Gasteiger charge is -2.27. The summed E-state index contributed by atoms with van der Waals surface area (Å²) in [5, 5.41) is 5.58. The molecule has 2 aromatic carbocycles. The van der Waals surface area contributed by atoms with Gasteiger partial charge in [0.25, 0.3) is 0 Å². The van der Waals surface area contributed by atoms with E-state index in [0.717, 1.165) is 5.56 Å². The number of ether oxygens (including phenoxy) is 2. The quantitative estimate of drug-likeness (QED) is 0.714. The van der Waals surface area contributed by atoms with Gasteiger partial charge in [-0.1, -0.05) is 44.2 Å². The van der Waals surface area contributed by atoms with E-state index in [1.807, 2.05) is 44.2 Å². The number of amides is 3. The Morgan fingerprint density at radius 1 is 1.00 bits per heavy atom. The largest absolute Gasteiger partial charge is 0.493 e.